The van der Waals surface area contributed by atoms with Gasteiger partial charge in [-0.1, -0.05) is 13.0 Å². The van der Waals surface area contributed by atoms with Crippen LogP contribution in [0.3, 0.4) is 0 Å². The molecule has 3 aromatic heterocycles. The van der Waals surface area contributed by atoms with E-state index in [4.69, 9.17) is 14.5 Å². The lowest BCUT2D eigenvalue weighted by atomic mass is 9.99. The number of anilines is 2. The van der Waals surface area contributed by atoms with E-state index in [9.17, 15) is 9.90 Å². The average Bonchev–Trinajstić information content (AvgIpc) is 3.29. The highest BCUT2D eigenvalue weighted by Crippen LogP contribution is 2.29. The van der Waals surface area contributed by atoms with Crippen molar-refractivity contribution in [3.8, 4) is 5.88 Å². The van der Waals surface area contributed by atoms with Crippen molar-refractivity contribution in [2.75, 3.05) is 30.0 Å². The Morgan fingerprint density at radius 3 is 2.78 bits per heavy atom. The second-order valence-corrected chi connectivity index (χ2v) is 10.3. The molecule has 2 N–H and O–H groups in total. The van der Waals surface area contributed by atoms with Gasteiger partial charge in [-0.15, -0.1) is 0 Å². The molecule has 10 heteroatoms. The lowest BCUT2D eigenvalue weighted by Crippen LogP contribution is -2.40. The van der Waals surface area contributed by atoms with Gasteiger partial charge < -0.3 is 24.8 Å². The number of aryl methyl sites for hydroxylation is 1. The number of esters is 1. The van der Waals surface area contributed by atoms with Crippen LogP contribution in [-0.4, -0.2) is 62.1 Å². The summed E-state index contributed by atoms with van der Waals surface area (Å²) in [5, 5.41) is 17.7. The summed E-state index contributed by atoms with van der Waals surface area (Å²) >= 11 is 0. The maximum absolute atomic E-state index is 11.9. The van der Waals surface area contributed by atoms with Gasteiger partial charge in [0, 0.05) is 49.6 Å². The topological polar surface area (TPSA) is 114 Å². The molecule has 4 rings (SSSR count). The fraction of sp³-hybridized carbons (Fsp3) is 0.556. The number of carbonyl (C=O) groups is 1. The van der Waals surface area contributed by atoms with Crippen LogP contribution in [0.1, 0.15) is 64.5 Å². The van der Waals surface area contributed by atoms with Crippen molar-refractivity contribution in [3.05, 3.63) is 41.7 Å². The van der Waals surface area contributed by atoms with Crippen molar-refractivity contribution in [2.45, 2.75) is 78.0 Å². The number of rotatable bonds is 10. The molecule has 0 aromatic carbocycles. The first-order valence-corrected chi connectivity index (χ1v) is 13.1. The number of aliphatic hydroxyl groups excluding tert-OH is 1. The van der Waals surface area contributed by atoms with E-state index in [1.807, 2.05) is 43.6 Å². The quantitative estimate of drug-likeness (QED) is 0.394. The van der Waals surface area contributed by atoms with Crippen LogP contribution in [0.5, 0.6) is 5.88 Å². The SMILES string of the molecule is CCc1cnn2c(NCc3ccc(OCC(=O)OC(C)(C)C)nc3)cc(N3CCCC[C@H]3CCO)nc12. The van der Waals surface area contributed by atoms with Gasteiger partial charge in [0.2, 0.25) is 5.88 Å². The third-order valence-electron chi connectivity index (χ3n) is 6.33. The number of aromatic nitrogens is 4. The zero-order chi connectivity index (χ0) is 26.4. The van der Waals surface area contributed by atoms with Gasteiger partial charge in [0.25, 0.3) is 0 Å². The molecule has 0 radical (unpaired) electrons. The first-order chi connectivity index (χ1) is 17.8. The number of pyridine rings is 1. The zero-order valence-electron chi connectivity index (χ0n) is 22.2. The molecule has 0 spiro atoms. The highest BCUT2D eigenvalue weighted by atomic mass is 16.6. The molecule has 0 amide bonds. The van der Waals surface area contributed by atoms with E-state index in [2.05, 4.69) is 27.2 Å². The maximum atomic E-state index is 11.9. The van der Waals surface area contributed by atoms with Crippen molar-refractivity contribution >= 4 is 23.3 Å². The minimum absolute atomic E-state index is 0.173. The van der Waals surface area contributed by atoms with Gasteiger partial charge in [-0.3, -0.25) is 0 Å². The largest absolute Gasteiger partial charge is 0.466 e. The Labute approximate surface area is 218 Å². The highest BCUT2D eigenvalue weighted by Gasteiger charge is 2.25. The summed E-state index contributed by atoms with van der Waals surface area (Å²) in [6.45, 7) is 8.99. The average molecular weight is 511 g/mol. The molecule has 1 aliphatic heterocycles. The van der Waals surface area contributed by atoms with Crippen LogP contribution in [0, 0.1) is 0 Å². The van der Waals surface area contributed by atoms with E-state index < -0.39 is 11.6 Å². The number of ether oxygens (including phenoxy) is 2. The van der Waals surface area contributed by atoms with Crippen molar-refractivity contribution in [3.63, 3.8) is 0 Å². The predicted molar refractivity (Wildman–Crippen MR) is 142 cm³/mol. The van der Waals surface area contributed by atoms with Gasteiger partial charge in [0.1, 0.15) is 17.2 Å². The normalized spacial score (nSPS) is 16.1. The number of piperidine rings is 1. The van der Waals surface area contributed by atoms with Crippen LogP contribution in [0.15, 0.2) is 30.6 Å². The summed E-state index contributed by atoms with van der Waals surface area (Å²) in [6.07, 6.45) is 8.52. The number of hydrogen-bond acceptors (Lipinski definition) is 9. The molecular weight excluding hydrogens is 472 g/mol. The molecule has 1 saturated heterocycles. The monoisotopic (exact) mass is 510 g/mol. The van der Waals surface area contributed by atoms with E-state index in [-0.39, 0.29) is 19.3 Å². The van der Waals surface area contributed by atoms with Crippen LogP contribution in [-0.2, 0) is 22.5 Å². The Balaban J connectivity index is 1.47. The molecule has 1 fully saturated rings. The fourth-order valence-electron chi connectivity index (χ4n) is 4.57. The summed E-state index contributed by atoms with van der Waals surface area (Å²) in [5.74, 6) is 1.69. The van der Waals surface area contributed by atoms with Gasteiger partial charge in [-0.2, -0.15) is 9.61 Å². The van der Waals surface area contributed by atoms with E-state index in [0.29, 0.717) is 12.4 Å². The molecule has 0 bridgehead atoms. The molecule has 0 saturated carbocycles. The van der Waals surface area contributed by atoms with Gasteiger partial charge in [-0.25, -0.2) is 14.8 Å². The minimum atomic E-state index is -0.554. The van der Waals surface area contributed by atoms with Crippen LogP contribution in [0.2, 0.25) is 0 Å². The predicted octanol–water partition coefficient (Wildman–Crippen LogP) is 3.76. The fourth-order valence-corrected chi connectivity index (χ4v) is 4.57. The number of hydrogen-bond donors (Lipinski definition) is 2. The number of aliphatic hydroxyl groups is 1. The molecule has 37 heavy (non-hydrogen) atoms. The van der Waals surface area contributed by atoms with E-state index in [1.165, 1.54) is 6.42 Å². The molecular formula is C27H38N6O4. The number of fused-ring (bicyclic) bond motifs is 1. The summed E-state index contributed by atoms with van der Waals surface area (Å²) in [7, 11) is 0. The van der Waals surface area contributed by atoms with Crippen LogP contribution < -0.4 is 15.0 Å². The van der Waals surface area contributed by atoms with Gasteiger partial charge >= 0.3 is 5.97 Å². The molecule has 1 atom stereocenters. The molecule has 10 nitrogen and oxygen atoms in total. The summed E-state index contributed by atoms with van der Waals surface area (Å²) < 4.78 is 12.6. The molecule has 0 aliphatic carbocycles. The molecule has 0 unspecified atom stereocenters. The first kappa shape index (κ1) is 26.7. The second-order valence-electron chi connectivity index (χ2n) is 10.3. The number of nitrogens with one attached hydrogen (secondary N) is 1. The summed E-state index contributed by atoms with van der Waals surface area (Å²) in [4.78, 5) is 23.5. The van der Waals surface area contributed by atoms with Gasteiger partial charge in [0.05, 0.1) is 6.20 Å². The Morgan fingerprint density at radius 1 is 1.24 bits per heavy atom. The van der Waals surface area contributed by atoms with E-state index in [1.54, 1.807) is 12.3 Å². The third kappa shape index (κ3) is 6.88. The Hall–Kier alpha value is -3.40. The zero-order valence-corrected chi connectivity index (χ0v) is 22.2. The third-order valence-corrected chi connectivity index (χ3v) is 6.33. The van der Waals surface area contributed by atoms with Gasteiger partial charge in [-0.05, 0) is 58.4 Å². The summed E-state index contributed by atoms with van der Waals surface area (Å²) in [5.41, 5.74) is 2.34. The Bertz CT molecular complexity index is 1190. The van der Waals surface area contributed by atoms with Crippen LogP contribution in [0.25, 0.3) is 5.65 Å². The van der Waals surface area contributed by atoms with Crippen molar-refractivity contribution in [1.29, 1.82) is 0 Å². The van der Waals surface area contributed by atoms with E-state index in [0.717, 1.165) is 60.6 Å². The lowest BCUT2D eigenvalue weighted by molar-refractivity contribution is -0.157. The van der Waals surface area contributed by atoms with Gasteiger partial charge in [0.15, 0.2) is 12.3 Å². The van der Waals surface area contributed by atoms with Crippen molar-refractivity contribution in [2.24, 2.45) is 0 Å². The minimum Gasteiger partial charge on any atom is -0.466 e. The maximum Gasteiger partial charge on any atom is 0.344 e. The Kier molecular flexibility index (Phi) is 8.48. The number of carbonyl (C=O) groups excluding carboxylic acids is 1. The van der Waals surface area contributed by atoms with Crippen molar-refractivity contribution < 1.29 is 19.4 Å². The van der Waals surface area contributed by atoms with Crippen LogP contribution in [0.4, 0.5) is 11.6 Å². The molecule has 4 heterocycles. The van der Waals surface area contributed by atoms with Crippen molar-refractivity contribution in [1.82, 2.24) is 19.6 Å². The Morgan fingerprint density at radius 2 is 2.08 bits per heavy atom. The lowest BCUT2D eigenvalue weighted by Gasteiger charge is -2.36. The summed E-state index contributed by atoms with van der Waals surface area (Å²) in [6, 6.07) is 5.98. The molecule has 200 valence electrons. The van der Waals surface area contributed by atoms with Crippen LogP contribution >= 0.6 is 0 Å². The smallest absolute Gasteiger partial charge is 0.344 e. The first-order valence-electron chi connectivity index (χ1n) is 13.1. The second kappa shape index (κ2) is 11.8. The molecule has 1 aliphatic rings. The standard InChI is InChI=1S/C27H38N6O4/c1-5-20-17-30-33-22(14-23(31-26(20)33)32-12-7-6-8-21(32)11-13-34)28-15-19-9-10-24(29-16-19)36-18-25(35)37-27(2,3)4/h9-10,14,16-17,21,28,34H,5-8,11-13,15,18H2,1-4H3/t21-/m0/s1. The molecule has 3 aromatic rings. The van der Waals surface area contributed by atoms with E-state index >= 15 is 0 Å². The number of nitrogens with zero attached hydrogens (tertiary/aromatic N) is 5. The highest BCUT2D eigenvalue weighted by molar-refractivity contribution is 5.71.